The van der Waals surface area contributed by atoms with Gasteiger partial charge in [0.1, 0.15) is 5.76 Å². The van der Waals surface area contributed by atoms with Crippen LogP contribution in [0.25, 0.3) is 0 Å². The summed E-state index contributed by atoms with van der Waals surface area (Å²) in [6.45, 7) is 5.05. The number of aryl methyl sites for hydroxylation is 2. The zero-order valence-corrected chi connectivity index (χ0v) is 8.26. The summed E-state index contributed by atoms with van der Waals surface area (Å²) in [7, 11) is 0. The van der Waals surface area contributed by atoms with Gasteiger partial charge in [0.05, 0.1) is 11.7 Å². The van der Waals surface area contributed by atoms with E-state index >= 15 is 0 Å². The number of hydrogen-bond acceptors (Lipinski definition) is 3. The van der Waals surface area contributed by atoms with Crippen LogP contribution in [0.2, 0.25) is 0 Å². The van der Waals surface area contributed by atoms with Crippen LogP contribution in [-0.2, 0) is 0 Å². The minimum Gasteiger partial charge on any atom is -0.444 e. The summed E-state index contributed by atoms with van der Waals surface area (Å²) in [4.78, 5) is 4.40. The average Bonchev–Trinajstić information content (AvgIpc) is 2.49. The third kappa shape index (κ3) is 1.75. The smallest absolute Gasteiger partial charge is 0.211 e. The number of piperidine rings is 1. The number of nitrogens with one attached hydrogen (secondary N) is 1. The molecule has 3 heteroatoms. The van der Waals surface area contributed by atoms with Gasteiger partial charge in [0, 0.05) is 0 Å². The van der Waals surface area contributed by atoms with Crippen LogP contribution in [0, 0.1) is 13.8 Å². The maximum atomic E-state index is 5.58. The van der Waals surface area contributed by atoms with Crippen LogP contribution in [-0.4, -0.2) is 11.5 Å². The zero-order chi connectivity index (χ0) is 9.26. The molecule has 0 aromatic carbocycles. The summed E-state index contributed by atoms with van der Waals surface area (Å²) in [5, 5.41) is 3.42. The first-order valence-electron chi connectivity index (χ1n) is 4.94. The van der Waals surface area contributed by atoms with Crippen LogP contribution in [0.3, 0.4) is 0 Å². The lowest BCUT2D eigenvalue weighted by atomic mass is 10.1. The summed E-state index contributed by atoms with van der Waals surface area (Å²) in [6.07, 6.45) is 3.70. The second kappa shape index (κ2) is 3.50. The predicted molar refractivity (Wildman–Crippen MR) is 50.6 cm³/mol. The van der Waals surface area contributed by atoms with Gasteiger partial charge >= 0.3 is 0 Å². The Morgan fingerprint density at radius 2 is 2.23 bits per heavy atom. The van der Waals surface area contributed by atoms with Crippen molar-refractivity contribution in [2.75, 3.05) is 6.54 Å². The molecular weight excluding hydrogens is 164 g/mol. The molecule has 3 nitrogen and oxygen atoms in total. The normalized spacial score (nSPS) is 23.4. The molecule has 0 spiro atoms. The highest BCUT2D eigenvalue weighted by molar-refractivity contribution is 5.07. The third-order valence-corrected chi connectivity index (χ3v) is 2.65. The summed E-state index contributed by atoms with van der Waals surface area (Å²) < 4.78 is 5.58. The van der Waals surface area contributed by atoms with Crippen LogP contribution in [0.4, 0.5) is 0 Å². The molecule has 1 aromatic rings. The van der Waals surface area contributed by atoms with Crippen LogP contribution in [0.15, 0.2) is 4.42 Å². The number of nitrogens with zero attached hydrogens (tertiary/aromatic N) is 1. The molecule has 1 aliphatic heterocycles. The molecule has 0 bridgehead atoms. The third-order valence-electron chi connectivity index (χ3n) is 2.65. The standard InChI is InChI=1S/C10H16N2O/c1-7-8(2)13-10(12-7)9-5-3-4-6-11-9/h9,11H,3-6H2,1-2H3. The molecule has 0 aliphatic carbocycles. The van der Waals surface area contributed by atoms with Crippen LogP contribution < -0.4 is 5.32 Å². The summed E-state index contributed by atoms with van der Waals surface area (Å²) in [5.41, 5.74) is 1.02. The largest absolute Gasteiger partial charge is 0.444 e. The highest BCUT2D eigenvalue weighted by atomic mass is 16.4. The van der Waals surface area contributed by atoms with Crippen molar-refractivity contribution in [2.45, 2.75) is 39.2 Å². The van der Waals surface area contributed by atoms with E-state index < -0.39 is 0 Å². The SMILES string of the molecule is Cc1nc(C2CCCCN2)oc1C. The Hall–Kier alpha value is -0.830. The van der Waals surface area contributed by atoms with Crippen LogP contribution in [0.1, 0.15) is 42.6 Å². The molecule has 1 saturated heterocycles. The zero-order valence-electron chi connectivity index (χ0n) is 8.26. The maximum absolute atomic E-state index is 5.58. The van der Waals surface area contributed by atoms with E-state index in [9.17, 15) is 0 Å². The fourth-order valence-electron chi connectivity index (χ4n) is 1.71. The molecule has 1 aliphatic rings. The monoisotopic (exact) mass is 180 g/mol. The van der Waals surface area contributed by atoms with Crippen molar-refractivity contribution in [3.05, 3.63) is 17.3 Å². The molecule has 72 valence electrons. The van der Waals surface area contributed by atoms with Crippen molar-refractivity contribution in [1.82, 2.24) is 10.3 Å². The molecule has 0 amide bonds. The highest BCUT2D eigenvalue weighted by Gasteiger charge is 2.19. The van der Waals surface area contributed by atoms with Gasteiger partial charge in [-0.05, 0) is 33.2 Å². The second-order valence-electron chi connectivity index (χ2n) is 3.70. The molecule has 0 saturated carbocycles. The summed E-state index contributed by atoms with van der Waals surface area (Å²) in [6, 6.07) is 0.348. The molecule has 2 rings (SSSR count). The minimum absolute atomic E-state index is 0.348. The van der Waals surface area contributed by atoms with Crippen molar-refractivity contribution >= 4 is 0 Å². The molecule has 1 atom stereocenters. The summed E-state index contributed by atoms with van der Waals surface area (Å²) in [5.74, 6) is 1.82. The molecule has 2 heterocycles. The molecule has 1 aromatic heterocycles. The van der Waals surface area contributed by atoms with Gasteiger partial charge in [0.15, 0.2) is 0 Å². The van der Waals surface area contributed by atoms with Crippen LogP contribution in [0.5, 0.6) is 0 Å². The van der Waals surface area contributed by atoms with Gasteiger partial charge in [-0.1, -0.05) is 6.42 Å². The minimum atomic E-state index is 0.348. The topological polar surface area (TPSA) is 38.1 Å². The Morgan fingerprint density at radius 3 is 2.77 bits per heavy atom. The Balaban J connectivity index is 2.14. The van der Waals surface area contributed by atoms with E-state index in [0.717, 1.165) is 30.3 Å². The van der Waals surface area contributed by atoms with E-state index in [-0.39, 0.29) is 0 Å². The van der Waals surface area contributed by atoms with Gasteiger partial charge in [0.2, 0.25) is 5.89 Å². The van der Waals surface area contributed by atoms with Crippen molar-refractivity contribution in [3.63, 3.8) is 0 Å². The van der Waals surface area contributed by atoms with E-state index in [0.29, 0.717) is 6.04 Å². The number of hydrogen-bond donors (Lipinski definition) is 1. The molecule has 1 unspecified atom stereocenters. The predicted octanol–water partition coefficient (Wildman–Crippen LogP) is 2.11. The van der Waals surface area contributed by atoms with Gasteiger partial charge in [-0.2, -0.15) is 0 Å². The van der Waals surface area contributed by atoms with Gasteiger partial charge in [-0.25, -0.2) is 4.98 Å². The number of aromatic nitrogens is 1. The Kier molecular flexibility index (Phi) is 2.36. The van der Waals surface area contributed by atoms with Gasteiger partial charge in [-0.3, -0.25) is 0 Å². The van der Waals surface area contributed by atoms with Crippen molar-refractivity contribution in [3.8, 4) is 0 Å². The van der Waals surface area contributed by atoms with Crippen molar-refractivity contribution in [2.24, 2.45) is 0 Å². The fourth-order valence-corrected chi connectivity index (χ4v) is 1.71. The molecule has 1 fully saturated rings. The lowest BCUT2D eigenvalue weighted by Gasteiger charge is -2.20. The van der Waals surface area contributed by atoms with Crippen LogP contribution >= 0.6 is 0 Å². The first kappa shape index (κ1) is 8.75. The molecule has 1 N–H and O–H groups in total. The summed E-state index contributed by atoms with van der Waals surface area (Å²) >= 11 is 0. The van der Waals surface area contributed by atoms with E-state index in [2.05, 4.69) is 10.3 Å². The number of oxazole rings is 1. The molecule has 0 radical (unpaired) electrons. The number of rotatable bonds is 1. The Morgan fingerprint density at radius 1 is 1.38 bits per heavy atom. The average molecular weight is 180 g/mol. The molecular formula is C10H16N2O. The van der Waals surface area contributed by atoms with E-state index in [1.807, 2.05) is 13.8 Å². The lowest BCUT2D eigenvalue weighted by molar-refractivity contribution is 0.333. The second-order valence-corrected chi connectivity index (χ2v) is 3.70. The quantitative estimate of drug-likeness (QED) is 0.719. The van der Waals surface area contributed by atoms with E-state index in [1.165, 1.54) is 12.8 Å². The first-order chi connectivity index (χ1) is 6.27. The lowest BCUT2D eigenvalue weighted by Crippen LogP contribution is -2.26. The van der Waals surface area contributed by atoms with Crippen molar-refractivity contribution < 1.29 is 4.42 Å². The Bertz CT molecular complexity index is 268. The van der Waals surface area contributed by atoms with Gasteiger partial charge in [0.25, 0.3) is 0 Å². The Labute approximate surface area is 78.5 Å². The van der Waals surface area contributed by atoms with Gasteiger partial charge in [-0.15, -0.1) is 0 Å². The van der Waals surface area contributed by atoms with Gasteiger partial charge < -0.3 is 9.73 Å². The fraction of sp³-hybridized carbons (Fsp3) is 0.700. The van der Waals surface area contributed by atoms with E-state index in [4.69, 9.17) is 4.42 Å². The van der Waals surface area contributed by atoms with Crippen molar-refractivity contribution in [1.29, 1.82) is 0 Å². The molecule has 13 heavy (non-hydrogen) atoms. The van der Waals surface area contributed by atoms with E-state index in [1.54, 1.807) is 0 Å². The highest BCUT2D eigenvalue weighted by Crippen LogP contribution is 2.23. The first-order valence-corrected chi connectivity index (χ1v) is 4.94. The maximum Gasteiger partial charge on any atom is 0.211 e.